The van der Waals surface area contributed by atoms with E-state index in [2.05, 4.69) is 0 Å². The minimum atomic E-state index is -0.332. The second kappa shape index (κ2) is 10.8. The van der Waals surface area contributed by atoms with Crippen molar-refractivity contribution in [1.82, 2.24) is 4.90 Å². The van der Waals surface area contributed by atoms with Crippen molar-refractivity contribution in [1.29, 1.82) is 0 Å². The van der Waals surface area contributed by atoms with Crippen molar-refractivity contribution in [3.63, 3.8) is 0 Å². The van der Waals surface area contributed by atoms with E-state index in [1.165, 1.54) is 0 Å². The molecular formula is C22H26LiNO2. The summed E-state index contributed by atoms with van der Waals surface area (Å²) in [6, 6.07) is 19.8. The summed E-state index contributed by atoms with van der Waals surface area (Å²) in [5.41, 5.74) is 1.92. The van der Waals surface area contributed by atoms with Gasteiger partial charge in [-0.1, -0.05) is 42.0 Å². The molecule has 0 bridgehead atoms. The molecule has 0 atom stereocenters. The summed E-state index contributed by atoms with van der Waals surface area (Å²) < 4.78 is 5.76. The van der Waals surface area contributed by atoms with Crippen LogP contribution in [0.3, 0.4) is 0 Å². The minimum Gasteiger partial charge on any atom is -0.459 e. The fraction of sp³-hybridized carbons (Fsp3) is 0.273. The monoisotopic (exact) mass is 343 g/mol. The van der Waals surface area contributed by atoms with Gasteiger partial charge in [0, 0.05) is 18.2 Å². The molecule has 0 saturated heterocycles. The van der Waals surface area contributed by atoms with Crippen LogP contribution in [0.15, 0.2) is 66.7 Å². The maximum Gasteiger partial charge on any atom is 1.00 e. The normalized spacial score (nSPS) is 10.7. The van der Waals surface area contributed by atoms with Crippen LogP contribution < -0.4 is 18.9 Å². The molecule has 26 heavy (non-hydrogen) atoms. The van der Waals surface area contributed by atoms with Gasteiger partial charge in [-0.3, -0.25) is 0 Å². The molecule has 3 nitrogen and oxygen atoms in total. The molecule has 2 aromatic carbocycles. The predicted octanol–water partition coefficient (Wildman–Crippen LogP) is 2.54. The van der Waals surface area contributed by atoms with Crippen molar-refractivity contribution in [3.8, 4) is 0 Å². The topological polar surface area (TPSA) is 29.5 Å². The van der Waals surface area contributed by atoms with Gasteiger partial charge in [0.15, 0.2) is 0 Å². The summed E-state index contributed by atoms with van der Waals surface area (Å²) in [4.78, 5) is 14.4. The second-order valence-electron chi connectivity index (χ2n) is 6.44. The molecule has 2 rings (SSSR count). The van der Waals surface area contributed by atoms with Crippen molar-refractivity contribution < 1.29 is 28.4 Å². The smallest absolute Gasteiger partial charge is 0.459 e. The first-order chi connectivity index (χ1) is 12.0. The first kappa shape index (κ1) is 22.0. The Balaban J connectivity index is 0.00000338. The average molecular weight is 343 g/mol. The van der Waals surface area contributed by atoms with E-state index in [1.54, 1.807) is 4.90 Å². The number of ether oxygens (including phenoxy) is 1. The van der Waals surface area contributed by atoms with Crippen molar-refractivity contribution in [2.45, 2.75) is 39.8 Å². The second-order valence-corrected chi connectivity index (χ2v) is 6.44. The number of carbonyl (C=O) groups excluding carboxylic acids is 1. The first-order valence-electron chi connectivity index (χ1n) is 8.64. The predicted molar refractivity (Wildman–Crippen MR) is 103 cm³/mol. The first-order valence-corrected chi connectivity index (χ1v) is 8.64. The third kappa shape index (κ3) is 6.33. The molecule has 132 valence electrons. The zero-order chi connectivity index (χ0) is 18.2. The van der Waals surface area contributed by atoms with Crippen molar-refractivity contribution in [3.05, 3.63) is 84.0 Å². The number of hydrogen-bond donors (Lipinski definition) is 0. The maximum absolute atomic E-state index is 12.7. The van der Waals surface area contributed by atoms with Gasteiger partial charge < -0.3 is 9.64 Å². The number of hydrogen-bond acceptors (Lipinski definition) is 2. The summed E-state index contributed by atoms with van der Waals surface area (Å²) in [5, 5.41) is 0. The third-order valence-corrected chi connectivity index (χ3v) is 3.81. The summed E-state index contributed by atoms with van der Waals surface area (Å²) in [7, 11) is 0. The molecule has 0 unspecified atom stereocenters. The molecule has 1 amide bonds. The summed E-state index contributed by atoms with van der Waals surface area (Å²) in [5.74, 6) is 0. The van der Waals surface area contributed by atoms with Gasteiger partial charge in [0.2, 0.25) is 0 Å². The van der Waals surface area contributed by atoms with Crippen LogP contribution in [-0.4, -0.2) is 23.1 Å². The van der Waals surface area contributed by atoms with Crippen LogP contribution in [0.1, 0.15) is 38.8 Å². The van der Waals surface area contributed by atoms with E-state index in [0.717, 1.165) is 11.1 Å². The van der Waals surface area contributed by atoms with E-state index in [4.69, 9.17) is 4.74 Å². The van der Waals surface area contributed by atoms with E-state index in [1.807, 2.05) is 101 Å². The Labute approximate surface area is 169 Å². The maximum atomic E-state index is 12.7. The van der Waals surface area contributed by atoms with Crippen LogP contribution >= 0.6 is 0 Å². The van der Waals surface area contributed by atoms with Gasteiger partial charge in [-0.25, -0.2) is 4.79 Å². The van der Waals surface area contributed by atoms with Crippen LogP contribution in [0.2, 0.25) is 0 Å². The zero-order valence-electron chi connectivity index (χ0n) is 16.3. The Morgan fingerprint density at radius 3 is 1.92 bits per heavy atom. The Morgan fingerprint density at radius 1 is 0.923 bits per heavy atom. The van der Waals surface area contributed by atoms with E-state index in [9.17, 15) is 4.79 Å². The average Bonchev–Trinajstić information content (AvgIpc) is 2.59. The van der Waals surface area contributed by atoms with Crippen LogP contribution in [0.5, 0.6) is 0 Å². The van der Waals surface area contributed by atoms with Crippen LogP contribution in [0.4, 0.5) is 4.79 Å². The quantitative estimate of drug-likeness (QED) is 0.596. The number of benzene rings is 2. The fourth-order valence-electron chi connectivity index (χ4n) is 2.69. The van der Waals surface area contributed by atoms with Crippen LogP contribution in [0.25, 0.3) is 6.08 Å². The molecule has 0 aliphatic rings. The Hall–Kier alpha value is -2.08. The van der Waals surface area contributed by atoms with Crippen LogP contribution in [0, 0.1) is 6.10 Å². The molecule has 0 radical (unpaired) electrons. The largest absolute Gasteiger partial charge is 1.00 e. The van der Waals surface area contributed by atoms with E-state index in [-0.39, 0.29) is 37.0 Å². The summed E-state index contributed by atoms with van der Waals surface area (Å²) in [6.45, 7) is 7.96. The van der Waals surface area contributed by atoms with Gasteiger partial charge >= 0.3 is 25.0 Å². The number of nitrogens with zero attached hydrogens (tertiary/aromatic N) is 1. The molecule has 0 aromatic heterocycles. The van der Waals surface area contributed by atoms with Crippen LogP contribution in [-0.2, 0) is 4.74 Å². The van der Waals surface area contributed by atoms with Gasteiger partial charge in [-0.2, -0.15) is 0 Å². The molecule has 2 aromatic rings. The number of carbonyl (C=O) groups is 1. The van der Waals surface area contributed by atoms with E-state index in [0.29, 0.717) is 6.10 Å². The zero-order valence-corrected chi connectivity index (χ0v) is 16.3. The fourth-order valence-corrected chi connectivity index (χ4v) is 2.69. The Morgan fingerprint density at radius 2 is 1.42 bits per heavy atom. The van der Waals surface area contributed by atoms with Crippen molar-refractivity contribution in [2.75, 3.05) is 0 Å². The SMILES string of the molecule is CC(C)N(C(=O)O[C-](/C=C/c1ccccc1)c1ccccc1)C(C)C.[Li+]. The van der Waals surface area contributed by atoms with Gasteiger partial charge in [0.05, 0.1) is 0 Å². The summed E-state index contributed by atoms with van der Waals surface area (Å²) >= 11 is 0. The molecule has 4 heteroatoms. The molecular weight excluding hydrogens is 317 g/mol. The molecule has 0 N–H and O–H groups in total. The minimum absolute atomic E-state index is 0. The third-order valence-electron chi connectivity index (χ3n) is 3.81. The van der Waals surface area contributed by atoms with E-state index >= 15 is 0 Å². The molecule has 0 aliphatic carbocycles. The van der Waals surface area contributed by atoms with Gasteiger partial charge in [-0.05, 0) is 27.7 Å². The number of rotatable bonds is 6. The van der Waals surface area contributed by atoms with E-state index < -0.39 is 0 Å². The van der Waals surface area contributed by atoms with Gasteiger partial charge in [0.1, 0.15) is 0 Å². The Kier molecular flexibility index (Phi) is 9.13. The Bertz CT molecular complexity index is 676. The van der Waals surface area contributed by atoms with Crippen molar-refractivity contribution in [2.24, 2.45) is 0 Å². The van der Waals surface area contributed by atoms with Gasteiger partial charge in [0.25, 0.3) is 0 Å². The summed E-state index contributed by atoms with van der Waals surface area (Å²) in [6.07, 6.45) is 4.01. The van der Waals surface area contributed by atoms with Gasteiger partial charge in [-0.15, -0.1) is 42.0 Å². The molecule has 0 fully saturated rings. The molecule has 0 heterocycles. The molecule has 0 saturated carbocycles. The molecule has 0 spiro atoms. The standard InChI is InChI=1S/C22H26NO2.Li/c1-17(2)23(18(3)4)22(24)25-21(20-13-9-6-10-14-20)16-15-19-11-7-5-8-12-19;/h5-18H,1-4H3;/q-1;+1/b16-15+;. The van der Waals surface area contributed by atoms with Crippen molar-refractivity contribution >= 4 is 12.2 Å². The number of amides is 1. The molecule has 0 aliphatic heterocycles.